The van der Waals surface area contributed by atoms with E-state index in [2.05, 4.69) is 0 Å². The summed E-state index contributed by atoms with van der Waals surface area (Å²) in [6, 6.07) is 0. The van der Waals surface area contributed by atoms with Crippen molar-refractivity contribution in [3.05, 3.63) is 0 Å². The number of nitrogens with two attached hydrogens (primary N) is 1. The zero-order valence-corrected chi connectivity index (χ0v) is 5.76. The van der Waals surface area contributed by atoms with Gasteiger partial charge in [0.15, 0.2) is 0 Å². The van der Waals surface area contributed by atoms with E-state index in [1.54, 1.807) is 0 Å². The molecule has 0 aromatic rings. The van der Waals surface area contributed by atoms with Gasteiger partial charge in [-0.25, -0.2) is 8.78 Å². The van der Waals surface area contributed by atoms with Gasteiger partial charge in [0, 0.05) is 12.8 Å². The van der Waals surface area contributed by atoms with Crippen LogP contribution in [-0.2, 0) is 4.79 Å². The Labute approximate surface area is 62.2 Å². The second-order valence-corrected chi connectivity index (χ2v) is 2.90. The number of carboxylic acid groups (broad SMARTS) is 1. The van der Waals surface area contributed by atoms with Crippen LogP contribution in [0, 0.1) is 0 Å². The molecule has 64 valence electrons. The zero-order valence-electron chi connectivity index (χ0n) is 5.76. The molecule has 0 heterocycles. The molecule has 0 radical (unpaired) electrons. The SMILES string of the molecule is NC1(C(=O)O)C[C@H](F)[C@@H]([18F])C1. The van der Waals surface area contributed by atoms with Crippen LogP contribution in [-0.4, -0.2) is 29.0 Å². The first-order valence-corrected chi connectivity index (χ1v) is 3.26. The topological polar surface area (TPSA) is 63.3 Å². The molecule has 0 amide bonds. The maximum absolute atomic E-state index is 12.5. The average Bonchev–Trinajstić information content (AvgIpc) is 2.09. The fraction of sp³-hybridized carbons (Fsp3) is 0.833. The molecule has 3 nitrogen and oxygen atoms in total. The summed E-state index contributed by atoms with van der Waals surface area (Å²) in [7, 11) is 0. The van der Waals surface area contributed by atoms with Gasteiger partial charge in [0.25, 0.3) is 0 Å². The third-order valence-corrected chi connectivity index (χ3v) is 1.94. The van der Waals surface area contributed by atoms with Crippen molar-refractivity contribution in [2.45, 2.75) is 30.7 Å². The van der Waals surface area contributed by atoms with Gasteiger partial charge < -0.3 is 10.8 Å². The van der Waals surface area contributed by atoms with E-state index in [1.165, 1.54) is 0 Å². The number of aliphatic carboxylic acids is 1. The Balaban J connectivity index is 2.71. The minimum Gasteiger partial charge on any atom is -0.480 e. The highest BCUT2D eigenvalue weighted by atomic mass is 19.1. The summed E-state index contributed by atoms with van der Waals surface area (Å²) >= 11 is 0. The van der Waals surface area contributed by atoms with Gasteiger partial charge in [-0.1, -0.05) is 0 Å². The van der Waals surface area contributed by atoms with E-state index < -0.39 is 36.7 Å². The molecular weight excluding hydrogens is 155 g/mol. The third kappa shape index (κ3) is 1.33. The molecule has 0 aliphatic heterocycles. The second kappa shape index (κ2) is 2.41. The predicted molar refractivity (Wildman–Crippen MR) is 33.6 cm³/mol. The number of carbonyl (C=O) groups is 1. The van der Waals surface area contributed by atoms with E-state index in [9.17, 15) is 13.6 Å². The van der Waals surface area contributed by atoms with Gasteiger partial charge in [0.2, 0.25) is 0 Å². The fourth-order valence-electron chi connectivity index (χ4n) is 1.21. The second-order valence-electron chi connectivity index (χ2n) is 2.90. The largest absolute Gasteiger partial charge is 0.480 e. The highest BCUT2D eigenvalue weighted by Crippen LogP contribution is 2.32. The van der Waals surface area contributed by atoms with Crippen molar-refractivity contribution in [3.8, 4) is 0 Å². The molecule has 5 heteroatoms. The van der Waals surface area contributed by atoms with Crippen LogP contribution in [0.5, 0.6) is 0 Å². The molecule has 0 spiro atoms. The molecule has 0 bridgehead atoms. The Morgan fingerprint density at radius 1 is 1.45 bits per heavy atom. The zero-order chi connectivity index (χ0) is 8.65. The molecule has 0 aromatic carbocycles. The van der Waals surface area contributed by atoms with E-state index in [4.69, 9.17) is 10.8 Å². The van der Waals surface area contributed by atoms with Crippen LogP contribution in [0.25, 0.3) is 0 Å². The summed E-state index contributed by atoms with van der Waals surface area (Å²) in [6.07, 6.45) is -4.31. The van der Waals surface area contributed by atoms with E-state index in [1.807, 2.05) is 0 Å². The van der Waals surface area contributed by atoms with Crippen molar-refractivity contribution >= 4 is 5.97 Å². The van der Waals surface area contributed by atoms with Gasteiger partial charge >= 0.3 is 5.97 Å². The van der Waals surface area contributed by atoms with Crippen molar-refractivity contribution < 1.29 is 18.7 Å². The Hall–Kier alpha value is -0.710. The van der Waals surface area contributed by atoms with Crippen molar-refractivity contribution in [3.63, 3.8) is 0 Å². The third-order valence-electron chi connectivity index (χ3n) is 1.94. The molecule has 3 N–H and O–H groups in total. The number of alkyl halides is 2. The molecule has 0 aromatic heterocycles. The van der Waals surface area contributed by atoms with Gasteiger partial charge in [-0.2, -0.15) is 0 Å². The first-order chi connectivity index (χ1) is 4.96. The summed E-state index contributed by atoms with van der Waals surface area (Å²) in [5.74, 6) is -1.33. The monoisotopic (exact) mass is 164 g/mol. The Kier molecular flexibility index (Phi) is 1.83. The first-order valence-electron chi connectivity index (χ1n) is 3.26. The molecule has 1 saturated carbocycles. The van der Waals surface area contributed by atoms with Crippen molar-refractivity contribution in [2.24, 2.45) is 5.73 Å². The lowest BCUT2D eigenvalue weighted by molar-refractivity contribution is -0.143. The van der Waals surface area contributed by atoms with Crippen LogP contribution in [0.2, 0.25) is 0 Å². The molecule has 11 heavy (non-hydrogen) atoms. The van der Waals surface area contributed by atoms with Crippen LogP contribution < -0.4 is 5.73 Å². The maximum Gasteiger partial charge on any atom is 0.323 e. The van der Waals surface area contributed by atoms with Crippen LogP contribution >= 0.6 is 0 Å². The lowest BCUT2D eigenvalue weighted by atomic mass is 10.00. The Morgan fingerprint density at radius 2 is 1.82 bits per heavy atom. The Morgan fingerprint density at radius 3 is 2.00 bits per heavy atom. The summed E-state index contributed by atoms with van der Waals surface area (Å²) in [5.41, 5.74) is 3.51. The van der Waals surface area contributed by atoms with E-state index in [0.717, 1.165) is 0 Å². The quantitative estimate of drug-likeness (QED) is 0.583. The van der Waals surface area contributed by atoms with Crippen LogP contribution in [0.15, 0.2) is 0 Å². The molecule has 1 fully saturated rings. The number of halogens is 2. The highest BCUT2D eigenvalue weighted by molar-refractivity contribution is 5.79. The molecule has 0 saturated heterocycles. The van der Waals surface area contributed by atoms with Crippen molar-refractivity contribution in [2.75, 3.05) is 0 Å². The van der Waals surface area contributed by atoms with Gasteiger partial charge in [-0.05, 0) is 0 Å². The standard InChI is InChI=1S/C6H9F2NO2/c7-3-1-6(9,5(10)11)2-4(3)8/h3-4H,1-2,9H2,(H,10,11)/t3-,4-/m0/s1/i7-1/t3-,4-,6?. The molecule has 1 rings (SSSR count). The van der Waals surface area contributed by atoms with E-state index in [0.29, 0.717) is 0 Å². The Bertz CT molecular complexity index is 175. The number of carboxylic acids is 1. The summed E-state index contributed by atoms with van der Waals surface area (Å²) in [5, 5.41) is 8.45. The van der Waals surface area contributed by atoms with Gasteiger partial charge in [0.1, 0.15) is 17.9 Å². The van der Waals surface area contributed by atoms with Crippen LogP contribution in [0.4, 0.5) is 8.78 Å². The van der Waals surface area contributed by atoms with E-state index in [-0.39, 0.29) is 0 Å². The number of hydrogen-bond acceptors (Lipinski definition) is 2. The first kappa shape index (κ1) is 8.39. The van der Waals surface area contributed by atoms with Gasteiger partial charge in [-0.15, -0.1) is 0 Å². The molecule has 3 atom stereocenters. The molecule has 1 aliphatic carbocycles. The number of rotatable bonds is 1. The molecule has 1 unspecified atom stereocenters. The normalized spacial score (nSPS) is 44.3. The minimum absolute atomic E-state index is 0.427. The van der Waals surface area contributed by atoms with Crippen LogP contribution in [0.1, 0.15) is 12.8 Å². The lowest BCUT2D eigenvalue weighted by Gasteiger charge is -2.15. The fourth-order valence-corrected chi connectivity index (χ4v) is 1.21. The maximum atomic E-state index is 12.5. The van der Waals surface area contributed by atoms with Gasteiger partial charge in [0.05, 0.1) is 0 Å². The summed E-state index contributed by atoms with van der Waals surface area (Å²) in [4.78, 5) is 10.4. The van der Waals surface area contributed by atoms with Crippen LogP contribution in [0.3, 0.4) is 0 Å². The lowest BCUT2D eigenvalue weighted by Crippen LogP contribution is -2.45. The van der Waals surface area contributed by atoms with Crippen molar-refractivity contribution in [1.82, 2.24) is 0 Å². The van der Waals surface area contributed by atoms with Crippen molar-refractivity contribution in [1.29, 1.82) is 0 Å². The summed E-state index contributed by atoms with van der Waals surface area (Å²) in [6.45, 7) is 0. The average molecular weight is 164 g/mol. The molecular formula is C6H9F2NO2. The minimum atomic E-state index is -1.73. The highest BCUT2D eigenvalue weighted by Gasteiger charge is 2.48. The molecule has 1 aliphatic rings. The number of hydrogen-bond donors (Lipinski definition) is 2. The predicted octanol–water partition coefficient (Wildman–Crippen LogP) is 0.238. The smallest absolute Gasteiger partial charge is 0.323 e. The summed E-state index contributed by atoms with van der Waals surface area (Å²) < 4.78 is 24.9. The van der Waals surface area contributed by atoms with Gasteiger partial charge in [-0.3, -0.25) is 4.79 Å². The van der Waals surface area contributed by atoms with E-state index >= 15 is 0 Å².